The number of imidazole rings is 1. The summed E-state index contributed by atoms with van der Waals surface area (Å²) in [6.45, 7) is 22.1. The Labute approximate surface area is 202 Å². The Kier molecular flexibility index (Phi) is 8.92. The zero-order chi connectivity index (χ0) is 23.8. The van der Waals surface area contributed by atoms with Crippen LogP contribution in [0.5, 0.6) is 0 Å². The van der Waals surface area contributed by atoms with Crippen LogP contribution in [0.1, 0.15) is 48.6 Å². The third-order valence-electron chi connectivity index (χ3n) is 6.13. The van der Waals surface area contributed by atoms with Gasteiger partial charge in [0.05, 0.1) is 17.9 Å². The van der Waals surface area contributed by atoms with Crippen LogP contribution in [0.2, 0.25) is 0 Å². The lowest BCUT2D eigenvalue weighted by Gasteiger charge is -2.31. The molecular weight excluding hydrogens is 426 g/mol. The third kappa shape index (κ3) is 6.59. The Balaban J connectivity index is 1.58. The van der Waals surface area contributed by atoms with E-state index in [1.165, 1.54) is 27.3 Å². The quantitative estimate of drug-likeness (QED) is 0.350. The molecule has 0 bridgehead atoms. The Morgan fingerprint density at radius 2 is 2.09 bits per heavy atom. The molecule has 0 aromatic carbocycles. The minimum absolute atomic E-state index is 0.539. The zero-order valence-corrected chi connectivity index (χ0v) is 20.7. The summed E-state index contributed by atoms with van der Waals surface area (Å²) in [6, 6.07) is 0. The molecule has 176 valence electrons. The molecule has 0 spiro atoms. The van der Waals surface area contributed by atoms with Crippen molar-refractivity contribution in [1.29, 1.82) is 0 Å². The standard InChI is InChI=1S/C27H37N5S/c1-6-23(7-2)16-20(3)8-9-21(4)30-27-25(17-28)24-11-14-32(18-26(24)33-27)22(5)10-13-31-15-12-29-19-31/h6,12,15-16,19,30H,1,3-5,7-11,13-14,17-18,28H2,2H3/b23-16+. The second kappa shape index (κ2) is 11.9. The van der Waals surface area contributed by atoms with Gasteiger partial charge in [-0.2, -0.15) is 0 Å². The molecule has 5 nitrogen and oxygen atoms in total. The normalized spacial score (nSPS) is 13.5. The van der Waals surface area contributed by atoms with Crippen LogP contribution >= 0.6 is 11.3 Å². The van der Waals surface area contributed by atoms with Crippen LogP contribution in [0.15, 0.2) is 79.7 Å². The van der Waals surface area contributed by atoms with Gasteiger partial charge < -0.3 is 20.5 Å². The maximum Gasteiger partial charge on any atom is 0.0976 e. The van der Waals surface area contributed by atoms with E-state index < -0.39 is 0 Å². The number of aryl methyl sites for hydroxylation is 1. The second-order valence-electron chi connectivity index (χ2n) is 8.47. The summed E-state index contributed by atoms with van der Waals surface area (Å²) in [5, 5.41) is 4.69. The Hall–Kier alpha value is -2.83. The smallest absolute Gasteiger partial charge is 0.0976 e. The first-order chi connectivity index (χ1) is 15.9. The van der Waals surface area contributed by atoms with Crippen molar-refractivity contribution in [2.75, 3.05) is 11.9 Å². The van der Waals surface area contributed by atoms with Crippen LogP contribution in [-0.2, 0) is 26.1 Å². The molecule has 0 unspecified atom stereocenters. The van der Waals surface area contributed by atoms with Gasteiger partial charge in [0.15, 0.2) is 0 Å². The molecule has 3 heterocycles. The highest BCUT2D eigenvalue weighted by Gasteiger charge is 2.24. The average Bonchev–Trinajstić information content (AvgIpc) is 3.46. The Bertz CT molecular complexity index is 1030. The van der Waals surface area contributed by atoms with Crippen LogP contribution in [0, 0.1) is 0 Å². The molecule has 3 rings (SSSR count). The number of nitrogens with two attached hydrogens (primary N) is 1. The lowest BCUT2D eigenvalue weighted by Crippen LogP contribution is -2.29. The predicted octanol–water partition coefficient (Wildman–Crippen LogP) is 6.15. The fourth-order valence-corrected chi connectivity index (χ4v) is 5.41. The highest BCUT2D eigenvalue weighted by Crippen LogP contribution is 2.38. The summed E-state index contributed by atoms with van der Waals surface area (Å²) in [5.74, 6) is 0. The molecule has 0 saturated heterocycles. The van der Waals surface area contributed by atoms with E-state index in [0.717, 1.165) is 68.0 Å². The SMILES string of the molecule is C=C/C(=C\C(=C)CCC(=C)Nc1sc2c(c1CN)CCN(C(=C)CCn1ccnc1)C2)CC. The first-order valence-electron chi connectivity index (χ1n) is 11.6. The molecular formula is C27H37N5S. The van der Waals surface area contributed by atoms with Crippen molar-refractivity contribution in [3.8, 4) is 0 Å². The summed E-state index contributed by atoms with van der Waals surface area (Å²) in [6.07, 6.45) is 14.3. The van der Waals surface area contributed by atoms with Crippen molar-refractivity contribution < 1.29 is 0 Å². The van der Waals surface area contributed by atoms with Crippen LogP contribution in [0.25, 0.3) is 0 Å². The van der Waals surface area contributed by atoms with Crippen LogP contribution in [0.4, 0.5) is 5.00 Å². The first-order valence-corrected chi connectivity index (χ1v) is 12.4. The van der Waals surface area contributed by atoms with Gasteiger partial charge in [0, 0.05) is 60.3 Å². The first kappa shape index (κ1) is 24.8. The molecule has 1 aliphatic heterocycles. The van der Waals surface area contributed by atoms with Crippen molar-refractivity contribution >= 4 is 16.3 Å². The van der Waals surface area contributed by atoms with Crippen molar-refractivity contribution in [3.05, 3.63) is 95.7 Å². The van der Waals surface area contributed by atoms with E-state index in [-0.39, 0.29) is 0 Å². The lowest BCUT2D eigenvalue weighted by molar-refractivity contribution is 0.311. The highest BCUT2D eigenvalue weighted by molar-refractivity contribution is 7.16. The summed E-state index contributed by atoms with van der Waals surface area (Å²) in [7, 11) is 0. The highest BCUT2D eigenvalue weighted by atomic mass is 32.1. The number of thiophene rings is 1. The zero-order valence-electron chi connectivity index (χ0n) is 19.9. The topological polar surface area (TPSA) is 59.1 Å². The van der Waals surface area contributed by atoms with Gasteiger partial charge in [0.1, 0.15) is 0 Å². The summed E-state index contributed by atoms with van der Waals surface area (Å²) in [4.78, 5) is 7.89. The van der Waals surface area contributed by atoms with Crippen molar-refractivity contribution in [1.82, 2.24) is 14.5 Å². The molecule has 1 aliphatic rings. The van der Waals surface area contributed by atoms with Gasteiger partial charge in [-0.3, -0.25) is 0 Å². The van der Waals surface area contributed by atoms with E-state index in [1.807, 2.05) is 24.8 Å². The molecule has 0 amide bonds. The van der Waals surface area contributed by atoms with Crippen molar-refractivity contribution in [3.63, 3.8) is 0 Å². The van der Waals surface area contributed by atoms with E-state index in [4.69, 9.17) is 5.73 Å². The van der Waals surface area contributed by atoms with Crippen LogP contribution < -0.4 is 11.1 Å². The number of nitrogens with one attached hydrogen (secondary N) is 1. The number of allylic oxidation sites excluding steroid dienone is 6. The molecule has 0 fully saturated rings. The fourth-order valence-electron chi connectivity index (χ4n) is 4.07. The van der Waals surface area contributed by atoms with Gasteiger partial charge in [-0.25, -0.2) is 4.98 Å². The molecule has 0 radical (unpaired) electrons. The molecule has 0 saturated carbocycles. The number of anilines is 1. The molecule has 2 aromatic rings. The van der Waals surface area contributed by atoms with Gasteiger partial charge >= 0.3 is 0 Å². The lowest BCUT2D eigenvalue weighted by atomic mass is 10.0. The van der Waals surface area contributed by atoms with E-state index in [2.05, 4.69) is 59.1 Å². The van der Waals surface area contributed by atoms with Gasteiger partial charge in [-0.05, 0) is 36.8 Å². The van der Waals surface area contributed by atoms with Crippen LogP contribution in [-0.4, -0.2) is 21.0 Å². The maximum atomic E-state index is 6.16. The van der Waals surface area contributed by atoms with E-state index in [9.17, 15) is 0 Å². The predicted molar refractivity (Wildman–Crippen MR) is 142 cm³/mol. The summed E-state index contributed by atoms with van der Waals surface area (Å²) in [5.41, 5.74) is 13.3. The molecule has 33 heavy (non-hydrogen) atoms. The minimum Gasteiger partial charge on any atom is -0.370 e. The number of rotatable bonds is 13. The molecule has 2 aromatic heterocycles. The molecule has 0 aliphatic carbocycles. The minimum atomic E-state index is 0.539. The van der Waals surface area contributed by atoms with Gasteiger partial charge in [0.25, 0.3) is 0 Å². The average molecular weight is 464 g/mol. The van der Waals surface area contributed by atoms with Crippen molar-refractivity contribution in [2.45, 2.75) is 58.7 Å². The van der Waals surface area contributed by atoms with Gasteiger partial charge in [0.2, 0.25) is 0 Å². The van der Waals surface area contributed by atoms with Gasteiger partial charge in [-0.15, -0.1) is 11.3 Å². The third-order valence-corrected chi connectivity index (χ3v) is 7.31. The summed E-state index contributed by atoms with van der Waals surface area (Å²) < 4.78 is 2.09. The molecule has 6 heteroatoms. The Morgan fingerprint density at radius 1 is 1.27 bits per heavy atom. The van der Waals surface area contributed by atoms with E-state index in [0.29, 0.717) is 6.54 Å². The number of hydrogen-bond donors (Lipinski definition) is 2. The molecule has 3 N–H and O–H groups in total. The number of nitrogens with zero attached hydrogens (tertiary/aromatic N) is 3. The molecule has 0 atom stereocenters. The van der Waals surface area contributed by atoms with Crippen molar-refractivity contribution in [2.24, 2.45) is 5.73 Å². The fraction of sp³-hybridized carbons (Fsp3) is 0.370. The number of fused-ring (bicyclic) bond motifs is 1. The van der Waals surface area contributed by atoms with Gasteiger partial charge in [-0.1, -0.05) is 51.0 Å². The second-order valence-corrected chi connectivity index (χ2v) is 9.57. The van der Waals surface area contributed by atoms with Crippen LogP contribution in [0.3, 0.4) is 0 Å². The largest absolute Gasteiger partial charge is 0.370 e. The monoisotopic (exact) mass is 463 g/mol. The van der Waals surface area contributed by atoms with E-state index >= 15 is 0 Å². The Morgan fingerprint density at radius 3 is 2.76 bits per heavy atom. The number of aromatic nitrogens is 2. The van der Waals surface area contributed by atoms with E-state index in [1.54, 1.807) is 11.3 Å². The maximum absolute atomic E-state index is 6.16. The summed E-state index contributed by atoms with van der Waals surface area (Å²) >= 11 is 1.81. The number of hydrogen-bond acceptors (Lipinski definition) is 5.